The zero-order valence-corrected chi connectivity index (χ0v) is 10.8. The van der Waals surface area contributed by atoms with Crippen LogP contribution in [0.5, 0.6) is 0 Å². The number of aliphatic imine (C=N–C) groups is 2. The van der Waals surface area contributed by atoms with Gasteiger partial charge in [0.25, 0.3) is 0 Å². The predicted octanol–water partition coefficient (Wildman–Crippen LogP) is 3.29. The van der Waals surface area contributed by atoms with Crippen LogP contribution in [-0.2, 0) is 0 Å². The van der Waals surface area contributed by atoms with Crippen LogP contribution in [0.4, 0.5) is 0 Å². The lowest BCUT2D eigenvalue weighted by Gasteiger charge is -1.99. The highest BCUT2D eigenvalue weighted by atomic mass is 15.0. The molecule has 3 heteroatoms. The molecular weight excluding hydrogens is 222 g/mol. The standard InChI is InChI=1S/C13H15N3.C2H4/c1-2-11-8-9-12(15-11)16-13(14)10-6-4-3-5-7-10;1-2/h3-8H,2,9H2,1H3,(H2,14,15,16);1-2H2. The number of allylic oxidation sites excluding steroid dienone is 1. The Hall–Kier alpha value is -2.16. The summed E-state index contributed by atoms with van der Waals surface area (Å²) in [6.07, 6.45) is 3.83. The van der Waals surface area contributed by atoms with Crippen molar-refractivity contribution in [3.8, 4) is 0 Å². The molecule has 0 atom stereocenters. The summed E-state index contributed by atoms with van der Waals surface area (Å²) in [7, 11) is 0. The highest BCUT2D eigenvalue weighted by molar-refractivity contribution is 6.06. The Balaban J connectivity index is 0.000000771. The number of hydrogen-bond acceptors (Lipinski definition) is 2. The second kappa shape index (κ2) is 7.22. The van der Waals surface area contributed by atoms with Crippen molar-refractivity contribution < 1.29 is 0 Å². The molecule has 0 aliphatic carbocycles. The number of nitrogens with two attached hydrogens (primary N) is 1. The molecule has 2 rings (SSSR count). The zero-order valence-electron chi connectivity index (χ0n) is 10.8. The molecule has 1 heterocycles. The van der Waals surface area contributed by atoms with Gasteiger partial charge in [-0.3, -0.25) is 0 Å². The molecule has 1 aromatic carbocycles. The van der Waals surface area contributed by atoms with Crippen LogP contribution in [0.25, 0.3) is 0 Å². The van der Waals surface area contributed by atoms with Gasteiger partial charge in [-0.05, 0) is 6.42 Å². The van der Waals surface area contributed by atoms with Gasteiger partial charge in [0.15, 0.2) is 0 Å². The van der Waals surface area contributed by atoms with E-state index in [1.54, 1.807) is 0 Å². The van der Waals surface area contributed by atoms with Crippen LogP contribution in [0, 0.1) is 0 Å². The van der Waals surface area contributed by atoms with E-state index in [-0.39, 0.29) is 0 Å². The summed E-state index contributed by atoms with van der Waals surface area (Å²) in [5.41, 5.74) is 7.94. The van der Waals surface area contributed by atoms with Gasteiger partial charge in [-0.25, -0.2) is 9.98 Å². The maximum absolute atomic E-state index is 5.91. The molecule has 1 aromatic rings. The lowest BCUT2D eigenvalue weighted by Crippen LogP contribution is -2.15. The van der Waals surface area contributed by atoms with Crippen molar-refractivity contribution in [3.05, 3.63) is 60.8 Å². The smallest absolute Gasteiger partial charge is 0.134 e. The molecule has 1 aliphatic rings. The van der Waals surface area contributed by atoms with E-state index < -0.39 is 0 Å². The molecule has 0 saturated heterocycles. The molecule has 0 aromatic heterocycles. The predicted molar refractivity (Wildman–Crippen MR) is 78.8 cm³/mol. The first-order valence-corrected chi connectivity index (χ1v) is 5.95. The van der Waals surface area contributed by atoms with E-state index in [2.05, 4.69) is 36.1 Å². The highest BCUT2D eigenvalue weighted by Crippen LogP contribution is 2.14. The Bertz CT molecular complexity index is 470. The molecule has 0 saturated carbocycles. The van der Waals surface area contributed by atoms with Crippen molar-refractivity contribution in [2.24, 2.45) is 15.7 Å². The molecular formula is C15H19N3. The van der Waals surface area contributed by atoms with Gasteiger partial charge in [-0.2, -0.15) is 0 Å². The minimum atomic E-state index is 0.533. The summed E-state index contributed by atoms with van der Waals surface area (Å²) in [4.78, 5) is 8.72. The van der Waals surface area contributed by atoms with Crippen molar-refractivity contribution in [2.45, 2.75) is 19.8 Å². The third kappa shape index (κ3) is 3.70. The van der Waals surface area contributed by atoms with E-state index in [1.807, 2.05) is 30.3 Å². The monoisotopic (exact) mass is 241 g/mol. The third-order valence-corrected chi connectivity index (χ3v) is 2.47. The summed E-state index contributed by atoms with van der Waals surface area (Å²) in [6, 6.07) is 9.75. The van der Waals surface area contributed by atoms with Crippen molar-refractivity contribution in [2.75, 3.05) is 0 Å². The van der Waals surface area contributed by atoms with Gasteiger partial charge in [0.05, 0.1) is 0 Å². The first kappa shape index (κ1) is 13.9. The van der Waals surface area contributed by atoms with Crippen molar-refractivity contribution in [1.82, 2.24) is 0 Å². The van der Waals surface area contributed by atoms with Gasteiger partial charge in [0.1, 0.15) is 11.7 Å². The van der Waals surface area contributed by atoms with Crippen molar-refractivity contribution in [3.63, 3.8) is 0 Å². The number of benzene rings is 1. The lowest BCUT2D eigenvalue weighted by atomic mass is 10.2. The van der Waals surface area contributed by atoms with E-state index in [0.717, 1.165) is 29.9 Å². The van der Waals surface area contributed by atoms with Crippen LogP contribution in [0.1, 0.15) is 25.3 Å². The summed E-state index contributed by atoms with van der Waals surface area (Å²) >= 11 is 0. The average Bonchev–Trinajstić information content (AvgIpc) is 2.89. The summed E-state index contributed by atoms with van der Waals surface area (Å²) in [6.45, 7) is 8.09. The Morgan fingerprint density at radius 3 is 2.56 bits per heavy atom. The van der Waals surface area contributed by atoms with Gasteiger partial charge in [0.2, 0.25) is 0 Å². The SMILES string of the molecule is C=C.CCC1=CCC(N=C(N)c2ccccc2)=N1. The normalized spacial score (nSPS) is 14.4. The molecule has 0 radical (unpaired) electrons. The molecule has 0 unspecified atom stereocenters. The van der Waals surface area contributed by atoms with Crippen LogP contribution in [0.3, 0.4) is 0 Å². The number of amidine groups is 2. The van der Waals surface area contributed by atoms with Crippen LogP contribution in [-0.4, -0.2) is 11.7 Å². The molecule has 0 fully saturated rings. The van der Waals surface area contributed by atoms with Crippen molar-refractivity contribution >= 4 is 11.7 Å². The second-order valence-corrected chi connectivity index (χ2v) is 3.64. The Morgan fingerprint density at radius 1 is 1.33 bits per heavy atom. The first-order chi connectivity index (χ1) is 8.79. The van der Waals surface area contributed by atoms with Gasteiger partial charge < -0.3 is 5.73 Å². The van der Waals surface area contributed by atoms with Gasteiger partial charge in [-0.1, -0.05) is 43.3 Å². The minimum absolute atomic E-state index is 0.533. The number of nitrogens with zero attached hydrogens (tertiary/aromatic N) is 2. The number of rotatable bonds is 2. The molecule has 1 aliphatic heterocycles. The van der Waals surface area contributed by atoms with E-state index in [0.29, 0.717) is 5.84 Å². The molecule has 3 nitrogen and oxygen atoms in total. The summed E-state index contributed by atoms with van der Waals surface area (Å²) in [5, 5.41) is 0. The second-order valence-electron chi connectivity index (χ2n) is 3.64. The average molecular weight is 241 g/mol. The van der Waals surface area contributed by atoms with Crippen molar-refractivity contribution in [1.29, 1.82) is 0 Å². The molecule has 94 valence electrons. The third-order valence-electron chi connectivity index (χ3n) is 2.47. The van der Waals surface area contributed by atoms with Gasteiger partial charge in [0, 0.05) is 17.7 Å². The molecule has 0 bridgehead atoms. The first-order valence-electron chi connectivity index (χ1n) is 5.95. The maximum atomic E-state index is 5.91. The van der Waals surface area contributed by atoms with Gasteiger partial charge >= 0.3 is 0 Å². The maximum Gasteiger partial charge on any atom is 0.134 e. The Labute approximate surface area is 108 Å². The zero-order chi connectivity index (χ0) is 13.4. The largest absolute Gasteiger partial charge is 0.383 e. The molecule has 2 N–H and O–H groups in total. The molecule has 18 heavy (non-hydrogen) atoms. The molecule has 0 amide bonds. The quantitative estimate of drug-likeness (QED) is 0.482. The molecule has 0 spiro atoms. The fourth-order valence-electron chi connectivity index (χ4n) is 1.57. The summed E-state index contributed by atoms with van der Waals surface area (Å²) in [5.74, 6) is 1.34. The van der Waals surface area contributed by atoms with Crippen LogP contribution < -0.4 is 5.73 Å². The minimum Gasteiger partial charge on any atom is -0.383 e. The van der Waals surface area contributed by atoms with E-state index in [1.165, 1.54) is 0 Å². The number of hydrogen-bond donors (Lipinski definition) is 1. The van der Waals surface area contributed by atoms with Crippen LogP contribution >= 0.6 is 0 Å². The van der Waals surface area contributed by atoms with Gasteiger partial charge in [-0.15, -0.1) is 13.2 Å². The van der Waals surface area contributed by atoms with Crippen LogP contribution in [0.2, 0.25) is 0 Å². The Kier molecular flexibility index (Phi) is 5.58. The van der Waals surface area contributed by atoms with E-state index in [9.17, 15) is 0 Å². The fourth-order valence-corrected chi connectivity index (χ4v) is 1.57. The fraction of sp³-hybridized carbons (Fsp3) is 0.200. The van der Waals surface area contributed by atoms with Crippen LogP contribution in [0.15, 0.2) is 65.2 Å². The van der Waals surface area contributed by atoms with E-state index >= 15 is 0 Å². The highest BCUT2D eigenvalue weighted by Gasteiger charge is 2.07. The topological polar surface area (TPSA) is 50.7 Å². The lowest BCUT2D eigenvalue weighted by molar-refractivity contribution is 1.08. The summed E-state index contributed by atoms with van der Waals surface area (Å²) < 4.78 is 0. The Morgan fingerprint density at radius 2 is 2.00 bits per heavy atom. The van der Waals surface area contributed by atoms with E-state index in [4.69, 9.17) is 5.73 Å².